The fourth-order valence-electron chi connectivity index (χ4n) is 3.32. The largest absolute Gasteiger partial charge is 0.454 e. The van der Waals surface area contributed by atoms with Gasteiger partial charge in [0.1, 0.15) is 5.82 Å². The molecule has 30 heavy (non-hydrogen) atoms. The lowest BCUT2D eigenvalue weighted by atomic mass is 10.2. The van der Waals surface area contributed by atoms with E-state index in [2.05, 4.69) is 14.8 Å². The molecule has 0 fully saturated rings. The molecule has 0 saturated carbocycles. The summed E-state index contributed by atoms with van der Waals surface area (Å²) in [5, 5.41) is 9.57. The summed E-state index contributed by atoms with van der Waals surface area (Å²) in [4.78, 5) is 0. The normalized spacial score (nSPS) is 12.3. The Balaban J connectivity index is 1.48. The Hall–Kier alpha value is -3.32. The van der Waals surface area contributed by atoms with Crippen LogP contribution in [-0.2, 0) is 12.3 Å². The standard InChI is InChI=1S/C23H18FN3O2S/c24-19-9-5-4-8-18(19)14-30-23-26-25-22(17-6-2-1-3-7-17)27(23)13-16-10-11-20-21(12-16)29-15-28-20/h1-12H,13-15H2. The molecule has 4 aromatic rings. The van der Waals surface area contributed by atoms with Gasteiger partial charge in [-0.3, -0.25) is 4.57 Å². The smallest absolute Gasteiger partial charge is 0.231 e. The first-order valence-electron chi connectivity index (χ1n) is 9.51. The predicted molar refractivity (Wildman–Crippen MR) is 113 cm³/mol. The van der Waals surface area contributed by atoms with Crippen LogP contribution in [0.1, 0.15) is 11.1 Å². The average molecular weight is 419 g/mol. The maximum atomic E-state index is 14.1. The van der Waals surface area contributed by atoms with Crippen molar-refractivity contribution in [1.82, 2.24) is 14.8 Å². The van der Waals surface area contributed by atoms with Gasteiger partial charge in [-0.15, -0.1) is 10.2 Å². The van der Waals surface area contributed by atoms with Gasteiger partial charge in [0.2, 0.25) is 6.79 Å². The quantitative estimate of drug-likeness (QED) is 0.405. The van der Waals surface area contributed by atoms with E-state index in [0.29, 0.717) is 17.9 Å². The number of fused-ring (bicyclic) bond motifs is 1. The lowest BCUT2D eigenvalue weighted by molar-refractivity contribution is 0.174. The Morgan fingerprint density at radius 3 is 2.57 bits per heavy atom. The summed E-state index contributed by atoms with van der Waals surface area (Å²) in [6, 6.07) is 22.6. The molecule has 0 N–H and O–H groups in total. The van der Waals surface area contributed by atoms with Crippen molar-refractivity contribution < 1.29 is 13.9 Å². The highest BCUT2D eigenvalue weighted by Crippen LogP contribution is 2.34. The van der Waals surface area contributed by atoms with E-state index in [9.17, 15) is 4.39 Å². The van der Waals surface area contributed by atoms with E-state index in [-0.39, 0.29) is 12.6 Å². The first kappa shape index (κ1) is 18.7. The second-order valence-corrected chi connectivity index (χ2v) is 7.77. The molecule has 0 aliphatic carbocycles. The van der Waals surface area contributed by atoms with Gasteiger partial charge in [-0.1, -0.05) is 66.4 Å². The zero-order valence-electron chi connectivity index (χ0n) is 16.0. The molecule has 0 saturated heterocycles. The molecule has 5 rings (SSSR count). The van der Waals surface area contributed by atoms with E-state index < -0.39 is 0 Å². The lowest BCUT2D eigenvalue weighted by Crippen LogP contribution is -2.04. The number of benzene rings is 3. The SMILES string of the molecule is Fc1ccccc1CSc1nnc(-c2ccccc2)n1Cc1ccc2c(c1)OCO2. The van der Waals surface area contributed by atoms with Crippen LogP contribution < -0.4 is 9.47 Å². The molecule has 0 atom stereocenters. The van der Waals surface area contributed by atoms with Gasteiger partial charge in [-0.25, -0.2) is 4.39 Å². The Kier molecular flexibility index (Phi) is 5.11. The number of hydrogen-bond donors (Lipinski definition) is 0. The van der Waals surface area contributed by atoms with Gasteiger partial charge >= 0.3 is 0 Å². The maximum Gasteiger partial charge on any atom is 0.231 e. The third kappa shape index (κ3) is 3.76. The van der Waals surface area contributed by atoms with Crippen LogP contribution in [0.15, 0.2) is 78.0 Å². The van der Waals surface area contributed by atoms with Crippen molar-refractivity contribution in [2.45, 2.75) is 17.5 Å². The topological polar surface area (TPSA) is 49.2 Å². The molecular formula is C23H18FN3O2S. The maximum absolute atomic E-state index is 14.1. The average Bonchev–Trinajstić information content (AvgIpc) is 3.40. The molecule has 2 heterocycles. The summed E-state index contributed by atoms with van der Waals surface area (Å²) in [6.45, 7) is 0.803. The molecule has 0 amide bonds. The molecular weight excluding hydrogens is 401 g/mol. The number of halogens is 1. The van der Waals surface area contributed by atoms with Gasteiger partial charge in [0.25, 0.3) is 0 Å². The van der Waals surface area contributed by atoms with E-state index >= 15 is 0 Å². The molecule has 0 bridgehead atoms. The summed E-state index contributed by atoms with van der Waals surface area (Å²) < 4.78 is 27.0. The van der Waals surface area contributed by atoms with Crippen molar-refractivity contribution in [2.24, 2.45) is 0 Å². The van der Waals surface area contributed by atoms with Gasteiger partial charge in [0.05, 0.1) is 6.54 Å². The van der Waals surface area contributed by atoms with E-state index in [1.165, 1.54) is 17.8 Å². The van der Waals surface area contributed by atoms with Crippen LogP contribution in [0.5, 0.6) is 11.5 Å². The fourth-order valence-corrected chi connectivity index (χ4v) is 4.24. The predicted octanol–water partition coefficient (Wildman–Crippen LogP) is 5.15. The van der Waals surface area contributed by atoms with Crippen molar-refractivity contribution >= 4 is 11.8 Å². The molecule has 7 heteroatoms. The number of thioether (sulfide) groups is 1. The number of nitrogens with zero attached hydrogens (tertiary/aromatic N) is 3. The second kappa shape index (κ2) is 8.20. The van der Waals surface area contributed by atoms with Gasteiger partial charge in [0.15, 0.2) is 22.5 Å². The molecule has 1 aliphatic rings. The third-order valence-corrected chi connectivity index (χ3v) is 5.86. The van der Waals surface area contributed by atoms with E-state index in [4.69, 9.17) is 9.47 Å². The van der Waals surface area contributed by atoms with E-state index in [1.54, 1.807) is 12.1 Å². The molecule has 150 valence electrons. The highest BCUT2D eigenvalue weighted by Gasteiger charge is 2.18. The van der Waals surface area contributed by atoms with Crippen LogP contribution in [0, 0.1) is 5.82 Å². The minimum atomic E-state index is -0.213. The summed E-state index contributed by atoms with van der Waals surface area (Å²) >= 11 is 1.47. The highest BCUT2D eigenvalue weighted by molar-refractivity contribution is 7.98. The zero-order valence-corrected chi connectivity index (χ0v) is 16.8. The molecule has 5 nitrogen and oxygen atoms in total. The Bertz CT molecular complexity index is 1180. The van der Waals surface area contributed by atoms with Crippen LogP contribution in [0.25, 0.3) is 11.4 Å². The molecule has 1 aliphatic heterocycles. The van der Waals surface area contributed by atoms with Crippen LogP contribution in [0.2, 0.25) is 0 Å². The first-order valence-corrected chi connectivity index (χ1v) is 10.5. The van der Waals surface area contributed by atoms with E-state index in [1.807, 2.05) is 54.6 Å². The van der Waals surface area contributed by atoms with Crippen LogP contribution >= 0.6 is 11.8 Å². The van der Waals surface area contributed by atoms with Crippen molar-refractivity contribution in [3.05, 3.63) is 89.7 Å². The zero-order chi connectivity index (χ0) is 20.3. The number of rotatable bonds is 6. The molecule has 3 aromatic carbocycles. The third-order valence-electron chi connectivity index (χ3n) is 4.84. The Morgan fingerprint density at radius 1 is 0.900 bits per heavy atom. The summed E-state index contributed by atoms with van der Waals surface area (Å²) in [7, 11) is 0. The summed E-state index contributed by atoms with van der Waals surface area (Å²) in [5.74, 6) is 2.52. The Morgan fingerprint density at radius 2 is 1.70 bits per heavy atom. The van der Waals surface area contributed by atoms with Crippen LogP contribution in [0.4, 0.5) is 4.39 Å². The van der Waals surface area contributed by atoms with Crippen molar-refractivity contribution in [3.8, 4) is 22.9 Å². The lowest BCUT2D eigenvalue weighted by Gasteiger charge is -2.11. The summed E-state index contributed by atoms with van der Waals surface area (Å²) in [5.41, 5.74) is 2.66. The number of hydrogen-bond acceptors (Lipinski definition) is 5. The van der Waals surface area contributed by atoms with Gasteiger partial charge < -0.3 is 9.47 Å². The van der Waals surface area contributed by atoms with E-state index in [0.717, 1.165) is 33.6 Å². The monoisotopic (exact) mass is 419 g/mol. The second-order valence-electron chi connectivity index (χ2n) is 6.83. The van der Waals surface area contributed by atoms with Crippen molar-refractivity contribution in [2.75, 3.05) is 6.79 Å². The van der Waals surface area contributed by atoms with Gasteiger partial charge in [-0.2, -0.15) is 0 Å². The van der Waals surface area contributed by atoms with Gasteiger partial charge in [0, 0.05) is 11.3 Å². The van der Waals surface area contributed by atoms with Crippen molar-refractivity contribution in [1.29, 1.82) is 0 Å². The fraction of sp³-hybridized carbons (Fsp3) is 0.130. The highest BCUT2D eigenvalue weighted by atomic mass is 32.2. The molecule has 1 aromatic heterocycles. The minimum Gasteiger partial charge on any atom is -0.454 e. The number of ether oxygens (including phenoxy) is 2. The van der Waals surface area contributed by atoms with Gasteiger partial charge in [-0.05, 0) is 29.3 Å². The van der Waals surface area contributed by atoms with Crippen LogP contribution in [-0.4, -0.2) is 21.6 Å². The number of aromatic nitrogens is 3. The molecule has 0 radical (unpaired) electrons. The molecule has 0 unspecified atom stereocenters. The summed E-state index contributed by atoms with van der Waals surface area (Å²) in [6.07, 6.45) is 0. The van der Waals surface area contributed by atoms with Crippen molar-refractivity contribution in [3.63, 3.8) is 0 Å². The molecule has 0 spiro atoms. The van der Waals surface area contributed by atoms with Crippen LogP contribution in [0.3, 0.4) is 0 Å². The Labute approximate surface area is 177 Å². The minimum absolute atomic E-state index is 0.213. The first-order chi connectivity index (χ1) is 14.8.